The number of fused-ring (bicyclic) bond motifs is 3. The van der Waals surface area contributed by atoms with E-state index >= 15 is 0 Å². The van der Waals surface area contributed by atoms with Crippen molar-refractivity contribution in [1.29, 1.82) is 0 Å². The minimum Gasteiger partial charge on any atom is -0.358 e. The molecule has 112 valence electrons. The fraction of sp³-hybridized carbons (Fsp3) is 0.278. The largest absolute Gasteiger partial charge is 0.358 e. The van der Waals surface area contributed by atoms with Gasteiger partial charge in [-0.25, -0.2) is 0 Å². The Hall–Kier alpha value is -2.07. The number of carbonyl (C=O) groups excluding carboxylic acids is 1. The van der Waals surface area contributed by atoms with Crippen LogP contribution in [0.15, 0.2) is 41.8 Å². The van der Waals surface area contributed by atoms with Gasteiger partial charge in [-0.05, 0) is 23.9 Å². The highest BCUT2D eigenvalue weighted by molar-refractivity contribution is 7.09. The highest BCUT2D eigenvalue weighted by atomic mass is 32.1. The maximum absolute atomic E-state index is 12.5. The molecule has 0 radical (unpaired) electrons. The monoisotopic (exact) mass is 310 g/mol. The van der Waals surface area contributed by atoms with Gasteiger partial charge in [0.25, 0.3) is 0 Å². The fourth-order valence-corrected chi connectivity index (χ4v) is 3.93. The van der Waals surface area contributed by atoms with Crippen LogP contribution >= 0.6 is 11.3 Å². The van der Waals surface area contributed by atoms with Crippen LogP contribution in [0.25, 0.3) is 10.9 Å². The number of benzene rings is 1. The van der Waals surface area contributed by atoms with E-state index < -0.39 is 0 Å². The summed E-state index contributed by atoms with van der Waals surface area (Å²) >= 11 is 1.73. The van der Waals surface area contributed by atoms with Gasteiger partial charge in [-0.15, -0.1) is 11.3 Å². The van der Waals surface area contributed by atoms with Crippen molar-refractivity contribution in [2.45, 2.75) is 25.8 Å². The molecule has 0 unspecified atom stereocenters. The maximum Gasteiger partial charge on any atom is 0.223 e. The number of hydrogen-bond donors (Lipinski definition) is 1. The molecule has 1 aliphatic rings. The number of nitrogens with zero attached hydrogens (tertiary/aromatic N) is 1. The molecule has 4 rings (SSSR count). The van der Waals surface area contributed by atoms with Crippen LogP contribution in [0, 0.1) is 0 Å². The molecular weight excluding hydrogens is 292 g/mol. The quantitative estimate of drug-likeness (QED) is 0.786. The van der Waals surface area contributed by atoms with Gasteiger partial charge >= 0.3 is 0 Å². The average molecular weight is 310 g/mol. The van der Waals surface area contributed by atoms with Crippen LogP contribution in [-0.2, 0) is 24.2 Å². The summed E-state index contributed by atoms with van der Waals surface area (Å²) in [5.74, 6) is 0.268. The van der Waals surface area contributed by atoms with E-state index in [4.69, 9.17) is 0 Å². The molecule has 3 nitrogen and oxygen atoms in total. The Bertz CT molecular complexity index is 804. The van der Waals surface area contributed by atoms with Crippen LogP contribution in [0.3, 0.4) is 0 Å². The summed E-state index contributed by atoms with van der Waals surface area (Å²) in [5.41, 5.74) is 3.77. The Labute approximate surface area is 133 Å². The highest BCUT2D eigenvalue weighted by Crippen LogP contribution is 2.28. The summed E-state index contributed by atoms with van der Waals surface area (Å²) in [5, 5.41) is 3.33. The number of amides is 1. The predicted octanol–water partition coefficient (Wildman–Crippen LogP) is 3.75. The van der Waals surface area contributed by atoms with E-state index in [1.54, 1.807) is 11.3 Å². The van der Waals surface area contributed by atoms with Crippen molar-refractivity contribution in [3.8, 4) is 0 Å². The fourth-order valence-electron chi connectivity index (χ4n) is 3.22. The molecule has 0 aliphatic carbocycles. The first-order chi connectivity index (χ1) is 10.8. The van der Waals surface area contributed by atoms with Crippen LogP contribution < -0.4 is 0 Å². The molecule has 0 saturated carbocycles. The predicted molar refractivity (Wildman–Crippen MR) is 90.1 cm³/mol. The Balaban J connectivity index is 1.50. The van der Waals surface area contributed by atoms with Gasteiger partial charge in [0.1, 0.15) is 0 Å². The van der Waals surface area contributed by atoms with Gasteiger partial charge in [0.05, 0.1) is 0 Å². The second kappa shape index (κ2) is 5.61. The summed E-state index contributed by atoms with van der Waals surface area (Å²) in [6, 6.07) is 12.5. The first kappa shape index (κ1) is 13.6. The SMILES string of the molecule is O=C(CCc1cccs1)N1CCc2[nH]c3ccccc3c2C1. The molecule has 0 fully saturated rings. The number of hydrogen-bond acceptors (Lipinski definition) is 2. The van der Waals surface area contributed by atoms with Crippen molar-refractivity contribution in [3.63, 3.8) is 0 Å². The van der Waals surface area contributed by atoms with Crippen LogP contribution in [0.4, 0.5) is 0 Å². The Morgan fingerprint density at radius 1 is 1.23 bits per heavy atom. The topological polar surface area (TPSA) is 36.1 Å². The summed E-state index contributed by atoms with van der Waals surface area (Å²) in [4.78, 5) is 19.3. The number of H-pyrrole nitrogens is 1. The zero-order valence-electron chi connectivity index (χ0n) is 12.3. The van der Waals surface area contributed by atoms with Crippen LogP contribution in [0.1, 0.15) is 22.6 Å². The van der Waals surface area contributed by atoms with Crippen molar-refractivity contribution in [1.82, 2.24) is 9.88 Å². The summed E-state index contributed by atoms with van der Waals surface area (Å²) in [6.07, 6.45) is 2.39. The van der Waals surface area contributed by atoms with Gasteiger partial charge in [0.2, 0.25) is 5.91 Å². The number of aromatic amines is 1. The zero-order valence-corrected chi connectivity index (χ0v) is 13.2. The number of thiophene rings is 1. The van der Waals surface area contributed by atoms with Crippen molar-refractivity contribution in [2.75, 3.05) is 6.54 Å². The summed E-state index contributed by atoms with van der Waals surface area (Å²) in [6.45, 7) is 1.56. The number of nitrogens with one attached hydrogen (secondary N) is 1. The van der Waals surface area contributed by atoms with Gasteiger partial charge in [-0.3, -0.25) is 4.79 Å². The van der Waals surface area contributed by atoms with Crippen molar-refractivity contribution in [3.05, 3.63) is 57.9 Å². The Kier molecular flexibility index (Phi) is 3.47. The molecular formula is C18H18N2OS. The molecule has 4 heteroatoms. The molecule has 3 aromatic rings. The highest BCUT2D eigenvalue weighted by Gasteiger charge is 2.23. The lowest BCUT2D eigenvalue weighted by molar-refractivity contribution is -0.132. The summed E-state index contributed by atoms with van der Waals surface area (Å²) in [7, 11) is 0. The van der Waals surface area contributed by atoms with E-state index in [2.05, 4.69) is 34.6 Å². The van der Waals surface area contributed by atoms with Gasteiger partial charge in [0.15, 0.2) is 0 Å². The maximum atomic E-state index is 12.5. The van der Waals surface area contributed by atoms with E-state index in [9.17, 15) is 4.79 Å². The van der Waals surface area contributed by atoms with Gasteiger partial charge < -0.3 is 9.88 Å². The normalized spacial score (nSPS) is 14.3. The number of aryl methyl sites for hydroxylation is 1. The molecule has 1 amide bonds. The van der Waals surface area contributed by atoms with E-state index in [0.717, 1.165) is 25.9 Å². The van der Waals surface area contributed by atoms with Gasteiger partial charge in [-0.1, -0.05) is 24.3 Å². The first-order valence-corrected chi connectivity index (χ1v) is 8.58. The lowest BCUT2D eigenvalue weighted by atomic mass is 10.0. The molecule has 1 aromatic carbocycles. The number of aromatic nitrogens is 1. The Morgan fingerprint density at radius 2 is 2.14 bits per heavy atom. The minimum absolute atomic E-state index is 0.268. The lowest BCUT2D eigenvalue weighted by Gasteiger charge is -2.27. The third-order valence-corrected chi connectivity index (χ3v) is 5.34. The Morgan fingerprint density at radius 3 is 3.00 bits per heavy atom. The van der Waals surface area contributed by atoms with E-state index in [-0.39, 0.29) is 5.91 Å². The van der Waals surface area contributed by atoms with Crippen molar-refractivity contribution < 1.29 is 4.79 Å². The number of rotatable bonds is 3. The van der Waals surface area contributed by atoms with E-state index in [0.29, 0.717) is 6.42 Å². The van der Waals surface area contributed by atoms with Crippen LogP contribution in [0.5, 0.6) is 0 Å². The third-order valence-electron chi connectivity index (χ3n) is 4.40. The standard InChI is InChI=1S/C18H18N2OS/c21-18(8-7-13-4-3-11-22-13)20-10-9-17-15(12-20)14-5-1-2-6-16(14)19-17/h1-6,11,19H,7-10,12H2. The average Bonchev–Trinajstić information content (AvgIpc) is 3.19. The molecule has 0 saturated heterocycles. The second-order valence-electron chi connectivity index (χ2n) is 5.77. The number of carbonyl (C=O) groups is 1. The first-order valence-electron chi connectivity index (χ1n) is 7.70. The molecule has 3 heterocycles. The van der Waals surface area contributed by atoms with E-state index in [1.807, 2.05) is 17.0 Å². The van der Waals surface area contributed by atoms with Crippen LogP contribution in [0.2, 0.25) is 0 Å². The third kappa shape index (κ3) is 2.44. The molecule has 2 aromatic heterocycles. The number of para-hydroxylation sites is 1. The van der Waals surface area contributed by atoms with Crippen molar-refractivity contribution in [2.24, 2.45) is 0 Å². The van der Waals surface area contributed by atoms with Crippen molar-refractivity contribution >= 4 is 28.1 Å². The van der Waals surface area contributed by atoms with E-state index in [1.165, 1.54) is 27.0 Å². The molecule has 0 spiro atoms. The molecule has 1 aliphatic heterocycles. The molecule has 0 bridgehead atoms. The second-order valence-corrected chi connectivity index (χ2v) is 6.80. The van der Waals surface area contributed by atoms with Gasteiger partial charge in [-0.2, -0.15) is 0 Å². The molecule has 0 atom stereocenters. The molecule has 22 heavy (non-hydrogen) atoms. The lowest BCUT2D eigenvalue weighted by Crippen LogP contribution is -2.35. The zero-order chi connectivity index (χ0) is 14.9. The van der Waals surface area contributed by atoms with Gasteiger partial charge in [0, 0.05) is 53.0 Å². The smallest absolute Gasteiger partial charge is 0.223 e. The van der Waals surface area contributed by atoms with Crippen LogP contribution in [-0.4, -0.2) is 22.3 Å². The minimum atomic E-state index is 0.268. The summed E-state index contributed by atoms with van der Waals surface area (Å²) < 4.78 is 0. The molecule has 1 N–H and O–H groups in total.